The highest BCUT2D eigenvalue weighted by molar-refractivity contribution is 7.98. The van der Waals surface area contributed by atoms with E-state index in [1.165, 1.54) is 12.3 Å². The van der Waals surface area contributed by atoms with Gasteiger partial charge in [-0.05, 0) is 11.6 Å². The predicted octanol–water partition coefficient (Wildman–Crippen LogP) is 2.26. The van der Waals surface area contributed by atoms with Crippen molar-refractivity contribution >= 4 is 29.0 Å². The van der Waals surface area contributed by atoms with Gasteiger partial charge >= 0.3 is 0 Å². The molecule has 0 aliphatic carbocycles. The van der Waals surface area contributed by atoms with Gasteiger partial charge in [0, 0.05) is 60.1 Å². The Balaban J connectivity index is 1.48. The highest BCUT2D eigenvalue weighted by atomic mass is 32.2. The summed E-state index contributed by atoms with van der Waals surface area (Å²) in [5, 5.41) is 15.6. The topological polar surface area (TPSA) is 104 Å². The second-order valence-electron chi connectivity index (χ2n) is 5.19. The summed E-state index contributed by atoms with van der Waals surface area (Å²) in [5.74, 6) is 2.18. The first-order valence-electron chi connectivity index (χ1n) is 7.63. The Bertz CT molecular complexity index is 867. The fourth-order valence-corrected chi connectivity index (χ4v) is 3.72. The van der Waals surface area contributed by atoms with Gasteiger partial charge in [0.15, 0.2) is 0 Å². The normalized spacial score (nSPS) is 10.7. The molecule has 0 atom stereocenters. The van der Waals surface area contributed by atoms with Crippen LogP contribution in [-0.2, 0) is 12.2 Å². The largest absolute Gasteiger partial charge is 0.493 e. The van der Waals surface area contributed by atoms with Crippen LogP contribution in [-0.4, -0.2) is 37.3 Å². The molecule has 0 aliphatic heterocycles. The van der Waals surface area contributed by atoms with Crippen molar-refractivity contribution in [3.05, 3.63) is 62.6 Å². The quantitative estimate of drug-likeness (QED) is 0.519. The van der Waals surface area contributed by atoms with Gasteiger partial charge in [0.05, 0.1) is 0 Å². The van der Waals surface area contributed by atoms with Gasteiger partial charge in [-0.1, -0.05) is 0 Å². The fraction of sp³-hybridized carbons (Fsp3) is 0.250. The third kappa shape index (κ3) is 5.30. The van der Waals surface area contributed by atoms with Crippen LogP contribution < -0.4 is 10.9 Å². The van der Waals surface area contributed by atoms with Crippen molar-refractivity contribution in [2.45, 2.75) is 12.2 Å². The Kier molecular flexibility index (Phi) is 6.02. The highest BCUT2D eigenvalue weighted by Gasteiger charge is 2.05. The van der Waals surface area contributed by atoms with Crippen LogP contribution in [0.5, 0.6) is 5.88 Å². The summed E-state index contributed by atoms with van der Waals surface area (Å²) in [6.45, 7) is 0.705. The van der Waals surface area contributed by atoms with E-state index < -0.39 is 0 Å². The molecule has 0 spiro atoms. The number of anilines is 1. The second kappa shape index (κ2) is 8.63. The third-order valence-corrected chi connectivity index (χ3v) is 5.26. The first kappa shape index (κ1) is 17.4. The molecule has 0 amide bonds. The molecule has 0 aliphatic rings. The Hall–Kier alpha value is -2.39. The van der Waals surface area contributed by atoms with E-state index in [-0.39, 0.29) is 11.4 Å². The van der Waals surface area contributed by atoms with Crippen LogP contribution in [0.1, 0.15) is 16.1 Å². The SMILES string of the molecule is O=c1[nH]c(NCCSCc2nccs2)ncc1Cc1ccnc(O)c1. The summed E-state index contributed by atoms with van der Waals surface area (Å²) in [5.41, 5.74) is 1.15. The molecule has 3 aromatic rings. The van der Waals surface area contributed by atoms with Gasteiger partial charge in [-0.15, -0.1) is 11.3 Å². The first-order chi connectivity index (χ1) is 12.2. The number of hydrogen-bond acceptors (Lipinski definition) is 8. The van der Waals surface area contributed by atoms with E-state index in [4.69, 9.17) is 0 Å². The molecule has 3 aromatic heterocycles. The number of aromatic hydroxyl groups is 1. The van der Waals surface area contributed by atoms with E-state index in [1.807, 2.05) is 11.6 Å². The molecule has 3 heterocycles. The summed E-state index contributed by atoms with van der Waals surface area (Å²) < 4.78 is 0. The molecule has 0 radical (unpaired) electrons. The van der Waals surface area contributed by atoms with Crippen molar-refractivity contribution in [3.8, 4) is 5.88 Å². The Morgan fingerprint density at radius 3 is 2.96 bits per heavy atom. The van der Waals surface area contributed by atoms with Crippen LogP contribution in [0.15, 0.2) is 40.9 Å². The Morgan fingerprint density at radius 1 is 1.28 bits per heavy atom. The fourth-order valence-electron chi connectivity index (χ4n) is 2.15. The number of pyridine rings is 1. The van der Waals surface area contributed by atoms with Crippen LogP contribution in [0.4, 0.5) is 5.95 Å². The molecule has 0 saturated carbocycles. The highest BCUT2D eigenvalue weighted by Crippen LogP contribution is 2.14. The Labute approximate surface area is 152 Å². The lowest BCUT2D eigenvalue weighted by atomic mass is 10.1. The monoisotopic (exact) mass is 375 g/mol. The van der Waals surface area contributed by atoms with Crippen molar-refractivity contribution in [3.63, 3.8) is 0 Å². The van der Waals surface area contributed by atoms with E-state index in [1.54, 1.807) is 35.4 Å². The number of rotatable bonds is 8. The molecule has 0 fully saturated rings. The number of hydrogen-bond donors (Lipinski definition) is 3. The van der Waals surface area contributed by atoms with E-state index >= 15 is 0 Å². The molecule has 9 heteroatoms. The first-order valence-corrected chi connectivity index (χ1v) is 9.66. The predicted molar refractivity (Wildman–Crippen MR) is 100 cm³/mol. The molecular formula is C16H17N5O2S2. The zero-order valence-corrected chi connectivity index (χ0v) is 14.9. The second-order valence-corrected chi connectivity index (χ2v) is 7.27. The van der Waals surface area contributed by atoms with Gasteiger partial charge in [0.25, 0.3) is 5.56 Å². The van der Waals surface area contributed by atoms with Crippen LogP contribution in [0, 0.1) is 0 Å². The Morgan fingerprint density at radius 2 is 2.20 bits per heavy atom. The van der Waals surface area contributed by atoms with Gasteiger partial charge in [0.1, 0.15) is 5.01 Å². The number of thioether (sulfide) groups is 1. The molecule has 0 unspecified atom stereocenters. The third-order valence-electron chi connectivity index (χ3n) is 3.33. The maximum Gasteiger partial charge on any atom is 0.255 e. The van der Waals surface area contributed by atoms with Crippen LogP contribution in [0.2, 0.25) is 0 Å². The van der Waals surface area contributed by atoms with E-state index in [2.05, 4.69) is 25.3 Å². The average molecular weight is 375 g/mol. The van der Waals surface area contributed by atoms with Crippen LogP contribution in [0.25, 0.3) is 0 Å². The van der Waals surface area contributed by atoms with Crippen LogP contribution in [0.3, 0.4) is 0 Å². The smallest absolute Gasteiger partial charge is 0.255 e. The van der Waals surface area contributed by atoms with E-state index in [9.17, 15) is 9.90 Å². The summed E-state index contributed by atoms with van der Waals surface area (Å²) in [6, 6.07) is 3.29. The lowest BCUT2D eigenvalue weighted by Crippen LogP contribution is -2.18. The van der Waals surface area contributed by atoms with E-state index in [0.717, 1.165) is 22.1 Å². The number of H-pyrrole nitrogens is 1. The van der Waals surface area contributed by atoms with Gasteiger partial charge in [0.2, 0.25) is 11.8 Å². The minimum Gasteiger partial charge on any atom is -0.493 e. The number of aromatic amines is 1. The maximum atomic E-state index is 12.1. The van der Waals surface area contributed by atoms with Crippen molar-refractivity contribution < 1.29 is 5.11 Å². The number of nitrogens with zero attached hydrogens (tertiary/aromatic N) is 3. The molecule has 0 aromatic carbocycles. The lowest BCUT2D eigenvalue weighted by molar-refractivity contribution is 0.453. The molecule has 25 heavy (non-hydrogen) atoms. The summed E-state index contributed by atoms with van der Waals surface area (Å²) in [4.78, 5) is 27.1. The summed E-state index contributed by atoms with van der Waals surface area (Å²) >= 11 is 3.43. The average Bonchev–Trinajstić information content (AvgIpc) is 3.10. The molecule has 7 nitrogen and oxygen atoms in total. The molecule has 130 valence electrons. The molecule has 0 bridgehead atoms. The molecule has 3 rings (SSSR count). The minimum atomic E-state index is -0.191. The van der Waals surface area contributed by atoms with Crippen molar-refractivity contribution in [1.82, 2.24) is 19.9 Å². The van der Waals surface area contributed by atoms with Crippen molar-refractivity contribution in [2.75, 3.05) is 17.6 Å². The van der Waals surface area contributed by atoms with Crippen molar-refractivity contribution in [1.29, 1.82) is 0 Å². The summed E-state index contributed by atoms with van der Waals surface area (Å²) in [7, 11) is 0. The number of aromatic nitrogens is 4. The summed E-state index contributed by atoms with van der Waals surface area (Å²) in [6.07, 6.45) is 5.26. The van der Waals surface area contributed by atoms with Gasteiger partial charge < -0.3 is 10.4 Å². The molecular weight excluding hydrogens is 358 g/mol. The van der Waals surface area contributed by atoms with E-state index in [0.29, 0.717) is 24.5 Å². The van der Waals surface area contributed by atoms with Gasteiger partial charge in [-0.3, -0.25) is 9.78 Å². The number of thiazole rings is 1. The molecule has 0 saturated heterocycles. The van der Waals surface area contributed by atoms with Crippen molar-refractivity contribution in [2.24, 2.45) is 0 Å². The zero-order valence-electron chi connectivity index (χ0n) is 13.3. The minimum absolute atomic E-state index is 0.0598. The number of nitrogens with one attached hydrogen (secondary N) is 2. The molecule has 3 N–H and O–H groups in total. The maximum absolute atomic E-state index is 12.1. The standard InChI is InChI=1S/C16H17N5O2S2/c22-13-8-11(1-2-17-13)7-12-9-20-16(21-15(12)23)19-3-5-24-10-14-18-4-6-25-14/h1-2,4,6,8-9H,3,5,7,10H2,(H,17,22)(H2,19,20,21,23). The zero-order chi connectivity index (χ0) is 17.5. The van der Waals surface area contributed by atoms with Gasteiger partial charge in [-0.25, -0.2) is 15.0 Å². The van der Waals surface area contributed by atoms with Gasteiger partial charge in [-0.2, -0.15) is 11.8 Å². The van der Waals surface area contributed by atoms with Crippen LogP contribution >= 0.6 is 23.1 Å². The lowest BCUT2D eigenvalue weighted by Gasteiger charge is -2.06.